The molecule has 1 fully saturated rings. The Bertz CT molecular complexity index is 461. The molecular weight excluding hydrogens is 246 g/mol. The van der Waals surface area contributed by atoms with E-state index in [4.69, 9.17) is 12.2 Å². The van der Waals surface area contributed by atoms with Crippen molar-refractivity contribution >= 4 is 51.6 Å². The van der Waals surface area contributed by atoms with Crippen molar-refractivity contribution in [2.75, 3.05) is 7.05 Å². The minimum atomic E-state index is -0.00365. The molecule has 0 aromatic carbocycles. The van der Waals surface area contributed by atoms with E-state index in [2.05, 4.69) is 0 Å². The molecule has 0 bridgehead atoms. The van der Waals surface area contributed by atoms with E-state index in [1.54, 1.807) is 18.4 Å². The van der Waals surface area contributed by atoms with Crippen LogP contribution in [-0.2, 0) is 4.79 Å². The average Bonchev–Trinajstić information content (AvgIpc) is 2.68. The lowest BCUT2D eigenvalue weighted by molar-refractivity contribution is -0.121. The van der Waals surface area contributed by atoms with Crippen LogP contribution in [0.25, 0.3) is 6.08 Å². The van der Waals surface area contributed by atoms with Gasteiger partial charge in [0.2, 0.25) is 0 Å². The Hall–Kier alpha value is -0.650. The van der Waals surface area contributed by atoms with Gasteiger partial charge in [-0.15, -0.1) is 11.3 Å². The maximum Gasteiger partial charge on any atom is 0.265 e. The number of thioether (sulfide) groups is 1. The molecule has 0 spiro atoms. The van der Waals surface area contributed by atoms with Gasteiger partial charge >= 0.3 is 0 Å². The summed E-state index contributed by atoms with van der Waals surface area (Å²) >= 11 is 8.08. The third-order valence-corrected chi connectivity index (χ3v) is 4.45. The predicted molar refractivity (Wildman–Crippen MR) is 70.0 cm³/mol. The third-order valence-electron chi connectivity index (χ3n) is 2.02. The van der Waals surface area contributed by atoms with E-state index in [1.165, 1.54) is 21.5 Å². The molecule has 0 atom stereocenters. The van der Waals surface area contributed by atoms with Crippen LogP contribution in [-0.4, -0.2) is 22.2 Å². The molecule has 1 aromatic rings. The Morgan fingerprint density at radius 3 is 2.67 bits per heavy atom. The first-order chi connectivity index (χ1) is 7.08. The number of thiocarbonyl (C=S) groups is 1. The topological polar surface area (TPSA) is 20.3 Å². The predicted octanol–water partition coefficient (Wildman–Crippen LogP) is 2.89. The molecule has 0 radical (unpaired) electrons. The zero-order valence-electron chi connectivity index (χ0n) is 8.31. The van der Waals surface area contributed by atoms with Crippen molar-refractivity contribution in [2.45, 2.75) is 6.92 Å². The highest BCUT2D eigenvalue weighted by Gasteiger charge is 2.28. The molecule has 2 rings (SSSR count). The molecule has 1 aliphatic heterocycles. The molecule has 1 aromatic heterocycles. The number of amides is 1. The minimum absolute atomic E-state index is 0.00365. The molecule has 1 aliphatic rings. The van der Waals surface area contributed by atoms with Gasteiger partial charge in [-0.2, -0.15) is 0 Å². The smallest absolute Gasteiger partial charge is 0.265 e. The molecule has 0 saturated carbocycles. The van der Waals surface area contributed by atoms with Gasteiger partial charge in [-0.1, -0.05) is 24.0 Å². The summed E-state index contributed by atoms with van der Waals surface area (Å²) in [6, 6.07) is 4.06. The molecule has 1 saturated heterocycles. The van der Waals surface area contributed by atoms with Gasteiger partial charge in [0.05, 0.1) is 4.91 Å². The average molecular weight is 255 g/mol. The van der Waals surface area contributed by atoms with Gasteiger partial charge in [0, 0.05) is 16.8 Å². The van der Waals surface area contributed by atoms with E-state index in [0.29, 0.717) is 9.23 Å². The fourth-order valence-electron chi connectivity index (χ4n) is 1.21. The summed E-state index contributed by atoms with van der Waals surface area (Å²) in [6.07, 6.45) is 1.90. The van der Waals surface area contributed by atoms with Crippen molar-refractivity contribution < 1.29 is 4.79 Å². The molecule has 0 N–H and O–H groups in total. The number of thiophene rings is 1. The Morgan fingerprint density at radius 2 is 2.20 bits per heavy atom. The number of rotatable bonds is 1. The van der Waals surface area contributed by atoms with Crippen LogP contribution in [0.15, 0.2) is 17.0 Å². The van der Waals surface area contributed by atoms with Crippen molar-refractivity contribution in [1.29, 1.82) is 0 Å². The van der Waals surface area contributed by atoms with Gasteiger partial charge in [-0.05, 0) is 25.1 Å². The van der Waals surface area contributed by atoms with Crippen molar-refractivity contribution in [3.63, 3.8) is 0 Å². The SMILES string of the molecule is Cc1ccc(/C=C2\SC(=S)N(C)C2=O)s1. The number of aryl methyl sites for hydroxylation is 1. The monoisotopic (exact) mass is 255 g/mol. The quantitative estimate of drug-likeness (QED) is 0.568. The van der Waals surface area contributed by atoms with Crippen LogP contribution in [0.5, 0.6) is 0 Å². The molecule has 5 heteroatoms. The first-order valence-corrected chi connectivity index (χ1v) is 6.40. The van der Waals surface area contributed by atoms with E-state index >= 15 is 0 Å². The maximum absolute atomic E-state index is 11.7. The number of nitrogens with zero attached hydrogens (tertiary/aromatic N) is 1. The number of likely N-dealkylation sites (N-methyl/N-ethyl adjacent to an activating group) is 1. The van der Waals surface area contributed by atoms with E-state index in [1.807, 2.05) is 25.1 Å². The van der Waals surface area contributed by atoms with Gasteiger partial charge in [0.15, 0.2) is 0 Å². The highest BCUT2D eigenvalue weighted by Crippen LogP contribution is 2.32. The second-order valence-corrected chi connectivity index (χ2v) is 6.18. The van der Waals surface area contributed by atoms with E-state index in [9.17, 15) is 4.79 Å². The van der Waals surface area contributed by atoms with E-state index in [0.717, 1.165) is 4.88 Å². The van der Waals surface area contributed by atoms with Gasteiger partial charge in [0.25, 0.3) is 5.91 Å². The molecule has 78 valence electrons. The first-order valence-electron chi connectivity index (χ1n) is 4.36. The summed E-state index contributed by atoms with van der Waals surface area (Å²) in [5.41, 5.74) is 0. The van der Waals surface area contributed by atoms with Crippen LogP contribution in [0, 0.1) is 6.92 Å². The summed E-state index contributed by atoms with van der Waals surface area (Å²) in [5, 5.41) is 0. The van der Waals surface area contributed by atoms with Crippen LogP contribution in [0.4, 0.5) is 0 Å². The summed E-state index contributed by atoms with van der Waals surface area (Å²) in [6.45, 7) is 2.05. The van der Waals surface area contributed by atoms with Crippen LogP contribution in [0.2, 0.25) is 0 Å². The van der Waals surface area contributed by atoms with Crippen LogP contribution >= 0.6 is 35.3 Å². The number of hydrogen-bond acceptors (Lipinski definition) is 4. The zero-order valence-corrected chi connectivity index (χ0v) is 10.8. The van der Waals surface area contributed by atoms with Crippen molar-refractivity contribution in [1.82, 2.24) is 4.90 Å². The van der Waals surface area contributed by atoms with Crippen molar-refractivity contribution in [3.05, 3.63) is 26.8 Å². The zero-order chi connectivity index (χ0) is 11.0. The number of hydrogen-bond donors (Lipinski definition) is 0. The maximum atomic E-state index is 11.7. The molecule has 2 heterocycles. The summed E-state index contributed by atoms with van der Waals surface area (Å²) in [4.78, 5) is 16.2. The number of carbonyl (C=O) groups is 1. The molecule has 1 amide bonds. The molecular formula is C10H9NOS3. The van der Waals surface area contributed by atoms with Gasteiger partial charge in [-0.3, -0.25) is 9.69 Å². The lowest BCUT2D eigenvalue weighted by Crippen LogP contribution is -2.22. The normalized spacial score (nSPS) is 19.3. The van der Waals surface area contributed by atoms with Crippen LogP contribution in [0.1, 0.15) is 9.75 Å². The highest BCUT2D eigenvalue weighted by molar-refractivity contribution is 8.26. The first kappa shape index (κ1) is 10.9. The molecule has 15 heavy (non-hydrogen) atoms. The Balaban J connectivity index is 2.29. The third kappa shape index (κ3) is 2.14. The van der Waals surface area contributed by atoms with Gasteiger partial charge in [-0.25, -0.2) is 0 Å². The largest absolute Gasteiger partial charge is 0.296 e. The Morgan fingerprint density at radius 1 is 1.47 bits per heavy atom. The Kier molecular flexibility index (Phi) is 2.95. The van der Waals surface area contributed by atoms with E-state index in [-0.39, 0.29) is 5.91 Å². The minimum Gasteiger partial charge on any atom is -0.296 e. The van der Waals surface area contributed by atoms with Gasteiger partial charge in [0.1, 0.15) is 4.32 Å². The number of carbonyl (C=O) groups excluding carboxylic acids is 1. The highest BCUT2D eigenvalue weighted by atomic mass is 32.2. The summed E-state index contributed by atoms with van der Waals surface area (Å²) < 4.78 is 0.625. The second kappa shape index (κ2) is 4.08. The Labute approximate surface area is 102 Å². The van der Waals surface area contributed by atoms with Crippen molar-refractivity contribution in [2.24, 2.45) is 0 Å². The molecule has 0 unspecified atom stereocenters. The molecule has 0 aliphatic carbocycles. The molecule has 2 nitrogen and oxygen atoms in total. The summed E-state index contributed by atoms with van der Waals surface area (Å²) in [5.74, 6) is -0.00365. The fourth-order valence-corrected chi connectivity index (χ4v) is 3.27. The lowest BCUT2D eigenvalue weighted by Gasteiger charge is -2.03. The van der Waals surface area contributed by atoms with E-state index < -0.39 is 0 Å². The fraction of sp³-hybridized carbons (Fsp3) is 0.200. The lowest BCUT2D eigenvalue weighted by atomic mass is 10.4. The standard InChI is InChI=1S/C10H9NOS3/c1-6-3-4-7(14-6)5-8-9(12)11(2)10(13)15-8/h3-5H,1-2H3/b8-5-. The van der Waals surface area contributed by atoms with Crippen molar-refractivity contribution in [3.8, 4) is 0 Å². The second-order valence-electron chi connectivity index (χ2n) is 3.19. The van der Waals surface area contributed by atoms with Gasteiger partial charge < -0.3 is 0 Å². The van der Waals surface area contributed by atoms with Crippen LogP contribution in [0.3, 0.4) is 0 Å². The summed E-state index contributed by atoms with van der Waals surface area (Å²) in [7, 11) is 1.71. The van der Waals surface area contributed by atoms with Crippen LogP contribution < -0.4 is 0 Å².